The van der Waals surface area contributed by atoms with E-state index in [0.29, 0.717) is 11.5 Å². The average Bonchev–Trinajstić information content (AvgIpc) is 2.88. The summed E-state index contributed by atoms with van der Waals surface area (Å²) >= 11 is 0. The van der Waals surface area contributed by atoms with Crippen LogP contribution in [0.5, 0.6) is 0 Å². The molecular formula is C23H24O2. The first-order chi connectivity index (χ1) is 12.0. The number of hydrogen-bond donors (Lipinski definition) is 0. The smallest absolute Gasteiger partial charge is 0.333 e. The van der Waals surface area contributed by atoms with Crippen LogP contribution < -0.4 is 0 Å². The minimum absolute atomic E-state index is 0.0773. The van der Waals surface area contributed by atoms with Crippen LogP contribution in [0.15, 0.2) is 60.7 Å². The molecule has 0 spiro atoms. The quantitative estimate of drug-likeness (QED) is 0.547. The zero-order valence-corrected chi connectivity index (χ0v) is 14.9. The average molecular weight is 332 g/mol. The van der Waals surface area contributed by atoms with E-state index < -0.39 is 5.60 Å². The van der Waals surface area contributed by atoms with E-state index in [1.54, 1.807) is 6.92 Å². The highest BCUT2D eigenvalue weighted by Crippen LogP contribution is 2.55. The second-order valence-corrected chi connectivity index (χ2v) is 7.59. The van der Waals surface area contributed by atoms with Crippen LogP contribution in [0.1, 0.15) is 50.2 Å². The molecule has 1 fully saturated rings. The van der Waals surface area contributed by atoms with Crippen LogP contribution in [-0.2, 0) is 9.53 Å². The third-order valence-electron chi connectivity index (χ3n) is 5.98. The van der Waals surface area contributed by atoms with E-state index in [4.69, 9.17) is 4.74 Å². The molecule has 1 saturated carbocycles. The van der Waals surface area contributed by atoms with Crippen LogP contribution in [0.25, 0.3) is 11.1 Å². The van der Waals surface area contributed by atoms with E-state index in [0.717, 1.165) is 12.8 Å². The van der Waals surface area contributed by atoms with Crippen molar-refractivity contribution in [2.75, 3.05) is 0 Å². The maximum Gasteiger partial charge on any atom is 0.333 e. The summed E-state index contributed by atoms with van der Waals surface area (Å²) in [4.78, 5) is 12.5. The lowest BCUT2D eigenvalue weighted by atomic mass is 9.65. The number of benzene rings is 2. The molecule has 0 amide bonds. The van der Waals surface area contributed by atoms with Crippen molar-refractivity contribution in [3.8, 4) is 11.1 Å². The molecular weight excluding hydrogens is 308 g/mol. The molecule has 0 radical (unpaired) electrons. The zero-order valence-electron chi connectivity index (χ0n) is 14.9. The Morgan fingerprint density at radius 3 is 2.00 bits per heavy atom. The lowest BCUT2D eigenvalue weighted by Gasteiger charge is -2.46. The predicted molar refractivity (Wildman–Crippen MR) is 100 cm³/mol. The first-order valence-electron chi connectivity index (χ1n) is 9.09. The van der Waals surface area contributed by atoms with Gasteiger partial charge in [0.1, 0.15) is 5.60 Å². The summed E-state index contributed by atoms with van der Waals surface area (Å²) in [6.45, 7) is 7.63. The summed E-state index contributed by atoms with van der Waals surface area (Å²) in [5.74, 6) is 0.185. The molecule has 0 saturated heterocycles. The number of esters is 1. The monoisotopic (exact) mass is 332 g/mol. The van der Waals surface area contributed by atoms with Crippen molar-refractivity contribution < 1.29 is 9.53 Å². The van der Waals surface area contributed by atoms with E-state index in [9.17, 15) is 4.79 Å². The summed E-state index contributed by atoms with van der Waals surface area (Å²) < 4.78 is 6.16. The van der Waals surface area contributed by atoms with Crippen LogP contribution in [0, 0.1) is 5.92 Å². The molecule has 2 heteroatoms. The highest BCUT2D eigenvalue weighted by Gasteiger charge is 2.51. The first kappa shape index (κ1) is 16.1. The second-order valence-electron chi connectivity index (χ2n) is 7.59. The van der Waals surface area contributed by atoms with Gasteiger partial charge in [0.2, 0.25) is 0 Å². The Bertz CT molecular complexity index is 801. The van der Waals surface area contributed by atoms with Crippen LogP contribution in [0.2, 0.25) is 0 Å². The molecule has 1 unspecified atom stereocenters. The van der Waals surface area contributed by atoms with Crippen LogP contribution in [0.3, 0.4) is 0 Å². The van der Waals surface area contributed by atoms with Gasteiger partial charge in [0, 0.05) is 5.57 Å². The van der Waals surface area contributed by atoms with Crippen molar-refractivity contribution in [1.82, 2.24) is 0 Å². The Morgan fingerprint density at radius 2 is 1.56 bits per heavy atom. The fraction of sp³-hybridized carbons (Fsp3) is 0.348. The summed E-state index contributed by atoms with van der Waals surface area (Å²) in [7, 11) is 0. The molecule has 2 aromatic rings. The number of ether oxygens (including phenoxy) is 1. The Balaban J connectivity index is 1.87. The summed E-state index contributed by atoms with van der Waals surface area (Å²) in [6.07, 6.45) is 3.43. The third kappa shape index (κ3) is 2.43. The van der Waals surface area contributed by atoms with E-state index >= 15 is 0 Å². The second kappa shape index (κ2) is 5.87. The number of hydrogen-bond acceptors (Lipinski definition) is 2. The maximum absolute atomic E-state index is 12.5. The van der Waals surface area contributed by atoms with Crippen molar-refractivity contribution in [1.29, 1.82) is 0 Å². The Labute approximate surface area is 149 Å². The molecule has 128 valence electrons. The van der Waals surface area contributed by atoms with E-state index in [-0.39, 0.29) is 11.9 Å². The van der Waals surface area contributed by atoms with E-state index in [2.05, 4.69) is 62.0 Å². The summed E-state index contributed by atoms with van der Waals surface area (Å²) in [5, 5.41) is 0. The SMILES string of the molecule is C=C(C)C(=O)OC(C)(C1CCC1)C1c2ccccc2-c2ccccc21. The lowest BCUT2D eigenvalue weighted by Crippen LogP contribution is -2.48. The van der Waals surface area contributed by atoms with E-state index in [1.165, 1.54) is 28.7 Å². The minimum atomic E-state index is -0.545. The molecule has 25 heavy (non-hydrogen) atoms. The van der Waals surface area contributed by atoms with Crippen LogP contribution in [-0.4, -0.2) is 11.6 Å². The van der Waals surface area contributed by atoms with Gasteiger partial charge in [-0.05, 0) is 54.9 Å². The normalized spacial score (nSPS) is 18.6. The largest absolute Gasteiger partial charge is 0.455 e. The standard InChI is InChI=1S/C23H24O2/c1-15(2)22(24)25-23(3,16-9-8-10-16)21-19-13-6-4-11-17(19)18-12-5-7-14-20(18)21/h4-7,11-14,16,21H,1,8-10H2,2-3H3. The lowest BCUT2D eigenvalue weighted by molar-refractivity contribution is -0.165. The molecule has 0 N–H and O–H groups in total. The van der Waals surface area contributed by atoms with Crippen molar-refractivity contribution in [3.63, 3.8) is 0 Å². The van der Waals surface area contributed by atoms with E-state index in [1.807, 2.05) is 0 Å². The summed E-state index contributed by atoms with van der Waals surface area (Å²) in [5.41, 5.74) is 4.99. The molecule has 1 atom stereocenters. The van der Waals surface area contributed by atoms with Gasteiger partial charge in [0.25, 0.3) is 0 Å². The third-order valence-corrected chi connectivity index (χ3v) is 5.98. The topological polar surface area (TPSA) is 26.3 Å². The molecule has 0 aromatic heterocycles. The van der Waals surface area contributed by atoms with Crippen molar-refractivity contribution in [3.05, 3.63) is 71.8 Å². The number of rotatable bonds is 4. The Hall–Kier alpha value is -2.35. The van der Waals surface area contributed by atoms with Gasteiger partial charge in [-0.15, -0.1) is 0 Å². The van der Waals surface area contributed by atoms with Gasteiger partial charge in [0.05, 0.1) is 5.92 Å². The van der Waals surface area contributed by atoms with Gasteiger partial charge >= 0.3 is 5.97 Å². The van der Waals surface area contributed by atoms with Gasteiger partial charge in [0.15, 0.2) is 0 Å². The highest BCUT2D eigenvalue weighted by molar-refractivity contribution is 5.88. The molecule has 2 aliphatic rings. The molecule has 0 heterocycles. The Morgan fingerprint density at radius 1 is 1.04 bits per heavy atom. The van der Waals surface area contributed by atoms with Crippen molar-refractivity contribution >= 4 is 5.97 Å². The molecule has 2 aliphatic carbocycles. The number of fused-ring (bicyclic) bond motifs is 3. The van der Waals surface area contributed by atoms with Gasteiger partial charge in [-0.3, -0.25) is 0 Å². The molecule has 0 aliphatic heterocycles. The molecule has 2 nitrogen and oxygen atoms in total. The van der Waals surface area contributed by atoms with Crippen LogP contribution >= 0.6 is 0 Å². The molecule has 0 bridgehead atoms. The maximum atomic E-state index is 12.5. The predicted octanol–water partition coefficient (Wildman–Crippen LogP) is 5.48. The van der Waals surface area contributed by atoms with Crippen molar-refractivity contribution in [2.24, 2.45) is 5.92 Å². The number of carbonyl (C=O) groups excluding carboxylic acids is 1. The summed E-state index contributed by atoms with van der Waals surface area (Å²) in [6, 6.07) is 17.1. The van der Waals surface area contributed by atoms with Gasteiger partial charge in [-0.1, -0.05) is 61.5 Å². The van der Waals surface area contributed by atoms with Gasteiger partial charge in [-0.2, -0.15) is 0 Å². The van der Waals surface area contributed by atoms with Gasteiger partial charge < -0.3 is 4.74 Å². The molecule has 4 rings (SSSR count). The minimum Gasteiger partial charge on any atom is -0.455 e. The molecule has 2 aromatic carbocycles. The highest BCUT2D eigenvalue weighted by atomic mass is 16.6. The Kier molecular flexibility index (Phi) is 3.79. The first-order valence-corrected chi connectivity index (χ1v) is 9.09. The van der Waals surface area contributed by atoms with Crippen molar-refractivity contribution in [2.45, 2.75) is 44.6 Å². The fourth-order valence-corrected chi connectivity index (χ4v) is 4.42. The fourth-order valence-electron chi connectivity index (χ4n) is 4.42. The zero-order chi connectivity index (χ0) is 17.6. The van der Waals surface area contributed by atoms with Gasteiger partial charge in [-0.25, -0.2) is 4.79 Å². The number of carbonyl (C=O) groups is 1. The van der Waals surface area contributed by atoms with Crippen LogP contribution in [0.4, 0.5) is 0 Å².